The van der Waals surface area contributed by atoms with Crippen LogP contribution in [0.4, 0.5) is 4.79 Å². The molecule has 0 saturated carbocycles. The highest BCUT2D eigenvalue weighted by Crippen LogP contribution is 2.08. The molecule has 2 heterocycles. The van der Waals surface area contributed by atoms with Crippen molar-refractivity contribution in [3.8, 4) is 0 Å². The second-order valence-electron chi connectivity index (χ2n) is 5.65. The van der Waals surface area contributed by atoms with E-state index in [-0.39, 0.29) is 12.2 Å². The molecule has 2 aromatic rings. The highest BCUT2D eigenvalue weighted by molar-refractivity contribution is 5.67. The number of nitrogens with one attached hydrogen (secondary N) is 2. The first-order valence-electron chi connectivity index (χ1n) is 8.07. The van der Waals surface area contributed by atoms with Gasteiger partial charge in [0.1, 0.15) is 12.4 Å². The van der Waals surface area contributed by atoms with Crippen molar-refractivity contribution < 1.29 is 14.3 Å². The lowest BCUT2D eigenvalue weighted by Gasteiger charge is -2.32. The van der Waals surface area contributed by atoms with E-state index in [1.54, 1.807) is 17.3 Å². The first-order valence-corrected chi connectivity index (χ1v) is 8.07. The number of ether oxygens (including phenoxy) is 2. The summed E-state index contributed by atoms with van der Waals surface area (Å²) in [5.41, 5.74) is 0.982. The molecular weight excluding hydrogens is 308 g/mol. The van der Waals surface area contributed by atoms with Crippen LogP contribution in [0.25, 0.3) is 0 Å². The van der Waals surface area contributed by atoms with Crippen LogP contribution in [0.15, 0.2) is 42.7 Å². The van der Waals surface area contributed by atoms with E-state index < -0.39 is 0 Å². The standard InChI is InChI=1S/C17H22N4O3/c22-17(24-13-14-4-2-1-3-5-14)21-8-9-23-15(12-21)10-18-11-16-19-6-7-20-16/h1-7,15,18H,8-13H2,(H,19,20). The molecule has 1 unspecified atom stereocenters. The third-order valence-corrected chi connectivity index (χ3v) is 3.82. The molecule has 1 aliphatic rings. The number of carbonyl (C=O) groups excluding carboxylic acids is 1. The summed E-state index contributed by atoms with van der Waals surface area (Å²) in [4.78, 5) is 21.1. The minimum Gasteiger partial charge on any atom is -0.445 e. The number of rotatable bonds is 6. The Bertz CT molecular complexity index is 618. The smallest absolute Gasteiger partial charge is 0.410 e. The Labute approximate surface area is 141 Å². The van der Waals surface area contributed by atoms with Gasteiger partial charge in [0.15, 0.2) is 0 Å². The van der Waals surface area contributed by atoms with Crippen molar-refractivity contribution in [1.82, 2.24) is 20.2 Å². The van der Waals surface area contributed by atoms with Gasteiger partial charge in [0.25, 0.3) is 0 Å². The second kappa shape index (κ2) is 8.47. The number of hydrogen-bond donors (Lipinski definition) is 2. The van der Waals surface area contributed by atoms with Gasteiger partial charge in [0.05, 0.1) is 25.8 Å². The topological polar surface area (TPSA) is 79.5 Å². The Morgan fingerprint density at radius 2 is 2.29 bits per heavy atom. The van der Waals surface area contributed by atoms with Gasteiger partial charge in [-0.1, -0.05) is 30.3 Å². The number of imidazole rings is 1. The Balaban J connectivity index is 1.40. The largest absolute Gasteiger partial charge is 0.445 e. The van der Waals surface area contributed by atoms with E-state index in [9.17, 15) is 4.79 Å². The molecule has 0 aliphatic carbocycles. The molecule has 1 atom stereocenters. The average Bonchev–Trinajstić information content (AvgIpc) is 3.14. The van der Waals surface area contributed by atoms with Crippen LogP contribution < -0.4 is 5.32 Å². The Morgan fingerprint density at radius 1 is 1.42 bits per heavy atom. The lowest BCUT2D eigenvalue weighted by molar-refractivity contribution is -0.0271. The lowest BCUT2D eigenvalue weighted by Crippen LogP contribution is -2.49. The number of nitrogens with zero attached hydrogens (tertiary/aromatic N) is 2. The van der Waals surface area contributed by atoms with Gasteiger partial charge in [-0.25, -0.2) is 9.78 Å². The van der Waals surface area contributed by atoms with Crippen molar-refractivity contribution in [2.45, 2.75) is 19.3 Å². The van der Waals surface area contributed by atoms with Crippen molar-refractivity contribution in [1.29, 1.82) is 0 Å². The maximum atomic E-state index is 12.2. The Morgan fingerprint density at radius 3 is 3.08 bits per heavy atom. The van der Waals surface area contributed by atoms with Gasteiger partial charge >= 0.3 is 6.09 Å². The molecule has 1 aliphatic heterocycles. The van der Waals surface area contributed by atoms with Crippen LogP contribution in [-0.2, 0) is 22.6 Å². The number of H-pyrrole nitrogens is 1. The summed E-state index contributed by atoms with van der Waals surface area (Å²) in [5.74, 6) is 0.880. The van der Waals surface area contributed by atoms with Gasteiger partial charge in [-0.3, -0.25) is 0 Å². The molecule has 24 heavy (non-hydrogen) atoms. The molecule has 0 radical (unpaired) electrons. The lowest BCUT2D eigenvalue weighted by atomic mass is 10.2. The molecule has 0 spiro atoms. The molecule has 3 rings (SSSR count). The van der Waals surface area contributed by atoms with Gasteiger partial charge in [0, 0.05) is 25.5 Å². The van der Waals surface area contributed by atoms with Gasteiger partial charge in [0.2, 0.25) is 0 Å². The summed E-state index contributed by atoms with van der Waals surface area (Å²) in [6, 6.07) is 9.67. The number of carbonyl (C=O) groups is 1. The summed E-state index contributed by atoms with van der Waals surface area (Å²) < 4.78 is 11.1. The molecule has 7 heteroatoms. The maximum Gasteiger partial charge on any atom is 0.410 e. The van der Waals surface area contributed by atoms with Crippen LogP contribution in [0.1, 0.15) is 11.4 Å². The van der Waals surface area contributed by atoms with Crippen LogP contribution in [0.3, 0.4) is 0 Å². The highest BCUT2D eigenvalue weighted by atomic mass is 16.6. The van der Waals surface area contributed by atoms with Gasteiger partial charge in [-0.2, -0.15) is 0 Å². The quantitative estimate of drug-likeness (QED) is 0.840. The minimum atomic E-state index is -0.293. The van der Waals surface area contributed by atoms with E-state index in [4.69, 9.17) is 9.47 Å². The van der Waals surface area contributed by atoms with E-state index >= 15 is 0 Å². The van der Waals surface area contributed by atoms with Crippen molar-refractivity contribution >= 4 is 6.09 Å². The van der Waals surface area contributed by atoms with E-state index in [1.165, 1.54) is 0 Å². The fourth-order valence-corrected chi connectivity index (χ4v) is 2.57. The molecule has 1 saturated heterocycles. The first kappa shape index (κ1) is 16.5. The van der Waals surface area contributed by atoms with Gasteiger partial charge in [-0.05, 0) is 5.56 Å². The van der Waals surface area contributed by atoms with Crippen LogP contribution >= 0.6 is 0 Å². The number of amides is 1. The highest BCUT2D eigenvalue weighted by Gasteiger charge is 2.25. The summed E-state index contributed by atoms with van der Waals surface area (Å²) in [5, 5.41) is 3.28. The Hall–Kier alpha value is -2.38. The van der Waals surface area contributed by atoms with E-state index in [2.05, 4.69) is 15.3 Å². The summed E-state index contributed by atoms with van der Waals surface area (Å²) in [7, 11) is 0. The average molecular weight is 330 g/mol. The molecule has 0 bridgehead atoms. The monoisotopic (exact) mass is 330 g/mol. The van der Waals surface area contributed by atoms with Crippen LogP contribution in [0, 0.1) is 0 Å². The predicted molar refractivity (Wildman–Crippen MR) is 88.2 cm³/mol. The normalized spacial score (nSPS) is 17.7. The summed E-state index contributed by atoms with van der Waals surface area (Å²) >= 11 is 0. The molecule has 1 amide bonds. The Kier molecular flexibility index (Phi) is 5.81. The SMILES string of the molecule is O=C(OCc1ccccc1)N1CCOC(CNCc2ncc[nH]2)C1. The zero-order valence-electron chi connectivity index (χ0n) is 13.5. The minimum absolute atomic E-state index is 0.0435. The molecule has 128 valence electrons. The second-order valence-corrected chi connectivity index (χ2v) is 5.65. The summed E-state index contributed by atoms with van der Waals surface area (Å²) in [6.07, 6.45) is 3.17. The maximum absolute atomic E-state index is 12.2. The summed E-state index contributed by atoms with van der Waals surface area (Å²) in [6.45, 7) is 3.20. The third-order valence-electron chi connectivity index (χ3n) is 3.82. The number of aromatic amines is 1. The molecule has 1 fully saturated rings. The van der Waals surface area contributed by atoms with Crippen LogP contribution in [0.5, 0.6) is 0 Å². The third kappa shape index (κ3) is 4.81. The van der Waals surface area contributed by atoms with Crippen LogP contribution in [0.2, 0.25) is 0 Å². The van der Waals surface area contributed by atoms with Crippen molar-refractivity contribution in [2.24, 2.45) is 0 Å². The fraction of sp³-hybridized carbons (Fsp3) is 0.412. The first-order chi connectivity index (χ1) is 11.8. The zero-order valence-corrected chi connectivity index (χ0v) is 13.5. The number of morpholine rings is 1. The molecule has 2 N–H and O–H groups in total. The number of aromatic nitrogens is 2. The molecular formula is C17H22N4O3. The molecule has 1 aromatic heterocycles. The predicted octanol–water partition coefficient (Wildman–Crippen LogP) is 1.54. The van der Waals surface area contributed by atoms with Gasteiger partial charge < -0.3 is 24.7 Å². The molecule has 1 aromatic carbocycles. The van der Waals surface area contributed by atoms with E-state index in [1.807, 2.05) is 30.3 Å². The fourth-order valence-electron chi connectivity index (χ4n) is 2.57. The van der Waals surface area contributed by atoms with Crippen molar-refractivity contribution in [2.75, 3.05) is 26.2 Å². The van der Waals surface area contributed by atoms with Crippen LogP contribution in [-0.4, -0.2) is 53.3 Å². The zero-order chi connectivity index (χ0) is 16.6. The van der Waals surface area contributed by atoms with Crippen molar-refractivity contribution in [3.63, 3.8) is 0 Å². The van der Waals surface area contributed by atoms with Gasteiger partial charge in [-0.15, -0.1) is 0 Å². The van der Waals surface area contributed by atoms with E-state index in [0.29, 0.717) is 39.4 Å². The van der Waals surface area contributed by atoms with Crippen molar-refractivity contribution in [3.05, 3.63) is 54.1 Å². The molecule has 7 nitrogen and oxygen atoms in total. The number of hydrogen-bond acceptors (Lipinski definition) is 5. The van der Waals surface area contributed by atoms with E-state index in [0.717, 1.165) is 11.4 Å². The number of benzene rings is 1.